The molecule has 1 aromatic carbocycles. The zero-order valence-electron chi connectivity index (χ0n) is 12.6. The molecule has 0 fully saturated rings. The summed E-state index contributed by atoms with van der Waals surface area (Å²) >= 11 is 0. The number of nitrogens with one attached hydrogen (secondary N) is 1. The normalized spacial score (nSPS) is 11.4. The van der Waals surface area contributed by atoms with Crippen molar-refractivity contribution in [1.29, 1.82) is 5.26 Å². The molecule has 3 nitrogen and oxygen atoms in total. The number of nitriles is 1. The van der Waals surface area contributed by atoms with Crippen molar-refractivity contribution in [3.05, 3.63) is 29.3 Å². The standard InChI is InChI=1S/C16H24N2O/c1-12(2)16(3,4)11-18-10-14-8-13(9-17)6-7-15(14)19-5/h6-8,12,18H,10-11H2,1-5H3. The summed E-state index contributed by atoms with van der Waals surface area (Å²) in [6.07, 6.45) is 0. The third kappa shape index (κ3) is 4.25. The molecule has 1 rings (SSSR count). The lowest BCUT2D eigenvalue weighted by Gasteiger charge is -2.29. The minimum absolute atomic E-state index is 0.250. The second-order valence-corrected chi connectivity index (χ2v) is 5.89. The largest absolute Gasteiger partial charge is 0.496 e. The highest BCUT2D eigenvalue weighted by Crippen LogP contribution is 2.25. The molecule has 1 N–H and O–H groups in total. The Morgan fingerprint density at radius 1 is 1.37 bits per heavy atom. The molecule has 0 spiro atoms. The van der Waals surface area contributed by atoms with E-state index in [-0.39, 0.29) is 5.41 Å². The lowest BCUT2D eigenvalue weighted by Crippen LogP contribution is -2.33. The summed E-state index contributed by atoms with van der Waals surface area (Å²) in [7, 11) is 1.66. The molecule has 0 aliphatic carbocycles. The van der Waals surface area contributed by atoms with Gasteiger partial charge in [-0.1, -0.05) is 27.7 Å². The first-order valence-electron chi connectivity index (χ1n) is 6.68. The maximum absolute atomic E-state index is 8.94. The van der Waals surface area contributed by atoms with E-state index in [1.807, 2.05) is 12.1 Å². The van der Waals surface area contributed by atoms with Crippen LogP contribution in [0.1, 0.15) is 38.8 Å². The van der Waals surface area contributed by atoms with E-state index >= 15 is 0 Å². The van der Waals surface area contributed by atoms with Crippen molar-refractivity contribution in [3.8, 4) is 11.8 Å². The number of ether oxygens (including phenoxy) is 1. The van der Waals surface area contributed by atoms with Gasteiger partial charge in [0.05, 0.1) is 18.7 Å². The first-order chi connectivity index (χ1) is 8.90. The number of hydrogen-bond donors (Lipinski definition) is 1. The van der Waals surface area contributed by atoms with Crippen molar-refractivity contribution < 1.29 is 4.74 Å². The zero-order valence-corrected chi connectivity index (χ0v) is 12.6. The number of methoxy groups -OCH3 is 1. The van der Waals surface area contributed by atoms with Crippen LogP contribution in [0.5, 0.6) is 5.75 Å². The number of benzene rings is 1. The first-order valence-corrected chi connectivity index (χ1v) is 6.68. The van der Waals surface area contributed by atoms with Gasteiger partial charge in [-0.2, -0.15) is 5.26 Å². The molecule has 1 aromatic rings. The lowest BCUT2D eigenvalue weighted by molar-refractivity contribution is 0.237. The molecule has 0 atom stereocenters. The molecule has 0 aromatic heterocycles. The fourth-order valence-corrected chi connectivity index (χ4v) is 1.71. The van der Waals surface area contributed by atoms with Crippen molar-refractivity contribution >= 4 is 0 Å². The van der Waals surface area contributed by atoms with E-state index in [0.717, 1.165) is 24.4 Å². The van der Waals surface area contributed by atoms with Crippen molar-refractivity contribution in [3.63, 3.8) is 0 Å². The third-order valence-corrected chi connectivity index (χ3v) is 3.87. The summed E-state index contributed by atoms with van der Waals surface area (Å²) < 4.78 is 5.33. The Morgan fingerprint density at radius 2 is 2.05 bits per heavy atom. The minimum atomic E-state index is 0.250. The van der Waals surface area contributed by atoms with E-state index in [0.29, 0.717) is 11.5 Å². The van der Waals surface area contributed by atoms with Crippen molar-refractivity contribution in [2.75, 3.05) is 13.7 Å². The second-order valence-electron chi connectivity index (χ2n) is 5.89. The van der Waals surface area contributed by atoms with Gasteiger partial charge in [0.1, 0.15) is 5.75 Å². The van der Waals surface area contributed by atoms with E-state index < -0.39 is 0 Å². The van der Waals surface area contributed by atoms with Crippen LogP contribution in [0.25, 0.3) is 0 Å². The Bertz CT molecular complexity index is 458. The van der Waals surface area contributed by atoms with E-state index in [1.165, 1.54) is 0 Å². The average molecular weight is 260 g/mol. The molecule has 19 heavy (non-hydrogen) atoms. The van der Waals surface area contributed by atoms with Crippen molar-refractivity contribution in [2.24, 2.45) is 11.3 Å². The van der Waals surface area contributed by atoms with Crippen LogP contribution >= 0.6 is 0 Å². The van der Waals surface area contributed by atoms with Gasteiger partial charge < -0.3 is 10.1 Å². The average Bonchev–Trinajstić information content (AvgIpc) is 2.38. The van der Waals surface area contributed by atoms with Gasteiger partial charge in [0.2, 0.25) is 0 Å². The topological polar surface area (TPSA) is 45.0 Å². The molecule has 0 aliphatic heterocycles. The predicted molar refractivity (Wildman–Crippen MR) is 78.0 cm³/mol. The third-order valence-electron chi connectivity index (χ3n) is 3.87. The molecular weight excluding hydrogens is 236 g/mol. The zero-order chi connectivity index (χ0) is 14.5. The van der Waals surface area contributed by atoms with E-state index in [2.05, 4.69) is 39.1 Å². The van der Waals surface area contributed by atoms with E-state index in [4.69, 9.17) is 10.00 Å². The highest BCUT2D eigenvalue weighted by molar-refractivity contribution is 5.41. The highest BCUT2D eigenvalue weighted by atomic mass is 16.5. The van der Waals surface area contributed by atoms with Gasteiger partial charge in [0.25, 0.3) is 0 Å². The van der Waals surface area contributed by atoms with Crippen molar-refractivity contribution in [1.82, 2.24) is 5.32 Å². The van der Waals surface area contributed by atoms with Gasteiger partial charge in [-0.25, -0.2) is 0 Å². The van der Waals surface area contributed by atoms with Gasteiger partial charge in [-0.05, 0) is 29.5 Å². The molecule has 104 valence electrons. The molecule has 0 amide bonds. The Hall–Kier alpha value is -1.53. The number of rotatable bonds is 6. The van der Waals surface area contributed by atoms with Crippen LogP contribution in [0, 0.1) is 22.7 Å². The Balaban J connectivity index is 2.70. The molecule has 3 heteroatoms. The van der Waals surface area contributed by atoms with Gasteiger partial charge in [-0.15, -0.1) is 0 Å². The van der Waals surface area contributed by atoms with E-state index in [9.17, 15) is 0 Å². The van der Waals surface area contributed by atoms with Crippen LogP contribution in [0.4, 0.5) is 0 Å². The second kappa shape index (κ2) is 6.58. The first kappa shape index (κ1) is 15.5. The summed E-state index contributed by atoms with van der Waals surface area (Å²) in [5.41, 5.74) is 1.95. The molecule has 0 aliphatic rings. The van der Waals surface area contributed by atoms with Crippen LogP contribution < -0.4 is 10.1 Å². The Kier molecular flexibility index (Phi) is 5.38. The van der Waals surface area contributed by atoms with Gasteiger partial charge in [0, 0.05) is 18.7 Å². The molecule has 0 saturated heterocycles. The maximum Gasteiger partial charge on any atom is 0.123 e. The van der Waals surface area contributed by atoms with Crippen molar-refractivity contribution in [2.45, 2.75) is 34.2 Å². The minimum Gasteiger partial charge on any atom is -0.496 e. The van der Waals surface area contributed by atoms with Crippen LogP contribution in [0.3, 0.4) is 0 Å². The summed E-state index contributed by atoms with van der Waals surface area (Å²) in [5.74, 6) is 1.45. The monoisotopic (exact) mass is 260 g/mol. The molecule has 0 heterocycles. The number of hydrogen-bond acceptors (Lipinski definition) is 3. The highest BCUT2D eigenvalue weighted by Gasteiger charge is 2.21. The molecule has 0 bridgehead atoms. The lowest BCUT2D eigenvalue weighted by atomic mass is 9.81. The molecular formula is C16H24N2O. The van der Waals surface area contributed by atoms with Gasteiger partial charge >= 0.3 is 0 Å². The summed E-state index contributed by atoms with van der Waals surface area (Å²) in [6, 6.07) is 7.67. The van der Waals surface area contributed by atoms with Gasteiger partial charge in [-0.3, -0.25) is 0 Å². The predicted octanol–water partition coefficient (Wildman–Crippen LogP) is 3.34. The summed E-state index contributed by atoms with van der Waals surface area (Å²) in [6.45, 7) is 10.6. The molecule has 0 unspecified atom stereocenters. The van der Waals surface area contributed by atoms with E-state index in [1.54, 1.807) is 13.2 Å². The Morgan fingerprint density at radius 3 is 2.58 bits per heavy atom. The SMILES string of the molecule is COc1ccc(C#N)cc1CNCC(C)(C)C(C)C. The molecule has 0 saturated carbocycles. The van der Waals surface area contributed by atoms with Crippen LogP contribution in [0.2, 0.25) is 0 Å². The maximum atomic E-state index is 8.94. The molecule has 0 radical (unpaired) electrons. The summed E-state index contributed by atoms with van der Waals surface area (Å²) in [5, 5.41) is 12.4. The smallest absolute Gasteiger partial charge is 0.123 e. The fourth-order valence-electron chi connectivity index (χ4n) is 1.71. The van der Waals surface area contributed by atoms with Gasteiger partial charge in [0.15, 0.2) is 0 Å². The summed E-state index contributed by atoms with van der Waals surface area (Å²) in [4.78, 5) is 0. The van der Waals surface area contributed by atoms with Crippen LogP contribution in [-0.4, -0.2) is 13.7 Å². The Labute approximate surface area is 116 Å². The van der Waals surface area contributed by atoms with Crippen LogP contribution in [0.15, 0.2) is 18.2 Å². The number of nitrogens with zero attached hydrogens (tertiary/aromatic N) is 1. The fraction of sp³-hybridized carbons (Fsp3) is 0.562. The quantitative estimate of drug-likeness (QED) is 0.853. The van der Waals surface area contributed by atoms with Crippen LogP contribution in [-0.2, 0) is 6.54 Å².